The van der Waals surface area contributed by atoms with Gasteiger partial charge in [-0.3, -0.25) is 9.59 Å². The molecule has 1 fully saturated rings. The fourth-order valence-corrected chi connectivity index (χ4v) is 3.49. The molecular formula is C16H22N2O6S. The van der Waals surface area contributed by atoms with Crippen LogP contribution in [0.25, 0.3) is 0 Å². The van der Waals surface area contributed by atoms with E-state index in [1.807, 2.05) is 0 Å². The van der Waals surface area contributed by atoms with Gasteiger partial charge in [-0.1, -0.05) is 0 Å². The first-order valence-corrected chi connectivity index (χ1v) is 9.58. The van der Waals surface area contributed by atoms with Crippen LogP contribution >= 0.6 is 0 Å². The first kappa shape index (κ1) is 19.4. The van der Waals surface area contributed by atoms with E-state index in [1.54, 1.807) is 0 Å². The van der Waals surface area contributed by atoms with Gasteiger partial charge >= 0.3 is 5.97 Å². The summed E-state index contributed by atoms with van der Waals surface area (Å²) in [5, 5.41) is 11.1. The van der Waals surface area contributed by atoms with Crippen LogP contribution in [0.4, 0.5) is 0 Å². The van der Waals surface area contributed by atoms with Gasteiger partial charge in [-0.25, -0.2) is 13.1 Å². The SMILES string of the molecule is O=C(O)CCCNC(=O)c1ccc(S(=O)(=O)NCC2CCCO2)cc1. The van der Waals surface area contributed by atoms with Crippen LogP contribution in [0, 0.1) is 0 Å². The van der Waals surface area contributed by atoms with Crippen molar-refractivity contribution in [2.45, 2.75) is 36.7 Å². The highest BCUT2D eigenvalue weighted by Crippen LogP contribution is 2.14. The molecule has 2 rings (SSSR count). The summed E-state index contributed by atoms with van der Waals surface area (Å²) in [6.45, 7) is 1.13. The summed E-state index contributed by atoms with van der Waals surface area (Å²) in [7, 11) is -3.65. The zero-order valence-corrected chi connectivity index (χ0v) is 14.5. The Morgan fingerprint density at radius 1 is 1.24 bits per heavy atom. The van der Waals surface area contributed by atoms with E-state index in [1.165, 1.54) is 24.3 Å². The van der Waals surface area contributed by atoms with Gasteiger partial charge in [0.1, 0.15) is 0 Å². The molecule has 0 aromatic heterocycles. The van der Waals surface area contributed by atoms with E-state index in [0.29, 0.717) is 18.6 Å². The quantitative estimate of drug-likeness (QED) is 0.551. The molecule has 1 atom stereocenters. The average Bonchev–Trinajstić information content (AvgIpc) is 3.10. The van der Waals surface area contributed by atoms with Gasteiger partial charge in [0.15, 0.2) is 0 Å². The molecule has 1 aliphatic rings. The number of carbonyl (C=O) groups excluding carboxylic acids is 1. The smallest absolute Gasteiger partial charge is 0.303 e. The highest BCUT2D eigenvalue weighted by Gasteiger charge is 2.20. The molecule has 1 heterocycles. The maximum Gasteiger partial charge on any atom is 0.303 e. The van der Waals surface area contributed by atoms with E-state index >= 15 is 0 Å². The third-order valence-corrected chi connectivity index (χ3v) is 5.24. The Balaban J connectivity index is 1.87. The van der Waals surface area contributed by atoms with Crippen LogP contribution in [0.2, 0.25) is 0 Å². The number of carbonyl (C=O) groups is 2. The maximum atomic E-state index is 12.2. The predicted octanol–water partition coefficient (Wildman–Crippen LogP) is 0.739. The Kier molecular flexibility index (Phi) is 6.91. The van der Waals surface area contributed by atoms with Crippen LogP contribution in [0.3, 0.4) is 0 Å². The molecule has 9 heteroatoms. The normalized spacial score (nSPS) is 17.4. The van der Waals surface area contributed by atoms with Gasteiger partial charge in [-0.15, -0.1) is 0 Å². The number of aliphatic carboxylic acids is 1. The minimum atomic E-state index is -3.65. The predicted molar refractivity (Wildman–Crippen MR) is 89.8 cm³/mol. The summed E-state index contributed by atoms with van der Waals surface area (Å²) in [4.78, 5) is 22.4. The zero-order chi connectivity index (χ0) is 18.3. The number of hydrogen-bond donors (Lipinski definition) is 3. The maximum absolute atomic E-state index is 12.2. The number of hydrogen-bond acceptors (Lipinski definition) is 5. The van der Waals surface area contributed by atoms with Crippen molar-refractivity contribution in [3.8, 4) is 0 Å². The monoisotopic (exact) mass is 370 g/mol. The molecule has 1 unspecified atom stereocenters. The van der Waals surface area contributed by atoms with Crippen molar-refractivity contribution in [3.63, 3.8) is 0 Å². The van der Waals surface area contributed by atoms with E-state index < -0.39 is 16.0 Å². The standard InChI is InChI=1S/C16H22N2O6S/c19-15(20)4-1-9-17-16(21)12-5-7-14(8-6-12)25(22,23)18-11-13-3-2-10-24-13/h5-8,13,18H,1-4,9-11H2,(H,17,21)(H,19,20). The van der Waals surface area contributed by atoms with E-state index in [0.717, 1.165) is 12.8 Å². The number of benzene rings is 1. The Morgan fingerprint density at radius 2 is 1.96 bits per heavy atom. The average molecular weight is 370 g/mol. The minimum Gasteiger partial charge on any atom is -0.481 e. The van der Waals surface area contributed by atoms with Crippen molar-refractivity contribution in [2.75, 3.05) is 19.7 Å². The van der Waals surface area contributed by atoms with Crippen LogP contribution in [0.15, 0.2) is 29.2 Å². The molecule has 1 aromatic carbocycles. The van der Waals surface area contributed by atoms with Gasteiger partial charge in [0.05, 0.1) is 11.0 Å². The molecule has 1 amide bonds. The summed E-state index contributed by atoms with van der Waals surface area (Å²) < 4.78 is 32.3. The number of sulfonamides is 1. The topological polar surface area (TPSA) is 122 Å². The van der Waals surface area contributed by atoms with Gasteiger partial charge in [0.2, 0.25) is 10.0 Å². The van der Waals surface area contributed by atoms with Gasteiger partial charge in [0.25, 0.3) is 5.91 Å². The third-order valence-electron chi connectivity index (χ3n) is 3.80. The molecule has 0 bridgehead atoms. The van der Waals surface area contributed by atoms with Gasteiger partial charge in [-0.05, 0) is 43.5 Å². The summed E-state index contributed by atoms with van der Waals surface area (Å²) in [5.74, 6) is -1.29. The lowest BCUT2D eigenvalue weighted by Gasteiger charge is -2.11. The molecular weight excluding hydrogens is 348 g/mol. The molecule has 3 N–H and O–H groups in total. The molecule has 138 valence electrons. The van der Waals surface area contributed by atoms with Gasteiger partial charge < -0.3 is 15.2 Å². The molecule has 0 saturated carbocycles. The lowest BCUT2D eigenvalue weighted by Crippen LogP contribution is -2.32. The number of ether oxygens (including phenoxy) is 1. The molecule has 0 radical (unpaired) electrons. The van der Waals surface area contributed by atoms with Crippen molar-refractivity contribution >= 4 is 21.9 Å². The second kappa shape index (κ2) is 8.93. The van der Waals surface area contributed by atoms with E-state index in [-0.39, 0.29) is 36.4 Å². The van der Waals surface area contributed by atoms with E-state index in [9.17, 15) is 18.0 Å². The molecule has 1 saturated heterocycles. The minimum absolute atomic E-state index is 0.0200. The Morgan fingerprint density at radius 3 is 2.56 bits per heavy atom. The molecule has 25 heavy (non-hydrogen) atoms. The Bertz CT molecular complexity index is 696. The number of rotatable bonds is 9. The summed E-state index contributed by atoms with van der Waals surface area (Å²) in [5.41, 5.74) is 0.313. The summed E-state index contributed by atoms with van der Waals surface area (Å²) in [6.07, 6.45) is 1.99. The Labute approximate surface area is 146 Å². The van der Waals surface area contributed by atoms with Crippen LogP contribution in [-0.2, 0) is 19.6 Å². The van der Waals surface area contributed by atoms with Gasteiger partial charge in [0, 0.05) is 31.7 Å². The fourth-order valence-electron chi connectivity index (χ4n) is 2.42. The molecule has 1 aromatic rings. The van der Waals surface area contributed by atoms with E-state index in [4.69, 9.17) is 9.84 Å². The largest absolute Gasteiger partial charge is 0.481 e. The molecule has 8 nitrogen and oxygen atoms in total. The van der Waals surface area contributed by atoms with Gasteiger partial charge in [-0.2, -0.15) is 0 Å². The van der Waals surface area contributed by atoms with Crippen molar-refractivity contribution in [1.82, 2.24) is 10.0 Å². The highest BCUT2D eigenvalue weighted by molar-refractivity contribution is 7.89. The van der Waals surface area contributed by atoms with Crippen molar-refractivity contribution in [1.29, 1.82) is 0 Å². The summed E-state index contributed by atoms with van der Waals surface area (Å²) in [6, 6.07) is 5.58. The molecule has 0 aliphatic carbocycles. The zero-order valence-electron chi connectivity index (χ0n) is 13.7. The number of carboxylic acid groups (broad SMARTS) is 1. The van der Waals surface area contributed by atoms with Crippen LogP contribution in [0.5, 0.6) is 0 Å². The number of carboxylic acids is 1. The summed E-state index contributed by atoms with van der Waals surface area (Å²) >= 11 is 0. The fraction of sp³-hybridized carbons (Fsp3) is 0.500. The third kappa shape index (κ3) is 6.11. The lowest BCUT2D eigenvalue weighted by molar-refractivity contribution is -0.137. The van der Waals surface area contributed by atoms with Crippen LogP contribution in [-0.4, -0.2) is 51.2 Å². The van der Waals surface area contributed by atoms with Crippen molar-refractivity contribution < 1.29 is 27.9 Å². The van der Waals surface area contributed by atoms with Crippen LogP contribution < -0.4 is 10.0 Å². The second-order valence-corrected chi connectivity index (χ2v) is 7.53. The first-order valence-electron chi connectivity index (χ1n) is 8.10. The number of amides is 1. The van der Waals surface area contributed by atoms with Crippen molar-refractivity contribution in [2.24, 2.45) is 0 Å². The number of nitrogens with one attached hydrogen (secondary N) is 2. The van der Waals surface area contributed by atoms with E-state index in [2.05, 4.69) is 10.0 Å². The Hall–Kier alpha value is -1.97. The second-order valence-electron chi connectivity index (χ2n) is 5.76. The van der Waals surface area contributed by atoms with Crippen molar-refractivity contribution in [3.05, 3.63) is 29.8 Å². The van der Waals surface area contributed by atoms with Crippen LogP contribution in [0.1, 0.15) is 36.0 Å². The first-order chi connectivity index (χ1) is 11.9. The molecule has 0 spiro atoms. The highest BCUT2D eigenvalue weighted by atomic mass is 32.2. The lowest BCUT2D eigenvalue weighted by atomic mass is 10.2. The molecule has 1 aliphatic heterocycles.